The second kappa shape index (κ2) is 6.48. The fraction of sp³-hybridized carbons (Fsp3) is 0.857. The fourth-order valence-corrected chi connectivity index (χ4v) is 2.18. The van der Waals surface area contributed by atoms with Crippen LogP contribution in [0.15, 0.2) is 0 Å². The smallest absolute Gasteiger partial charge is 0.294 e. The topological polar surface area (TPSA) is 66.8 Å². The van der Waals surface area contributed by atoms with Crippen LogP contribution in [0.2, 0.25) is 0 Å². The van der Waals surface area contributed by atoms with Gasteiger partial charge in [0.25, 0.3) is 6.47 Å². The van der Waals surface area contributed by atoms with E-state index >= 15 is 0 Å². The highest BCUT2D eigenvalue weighted by molar-refractivity contribution is 8.21. The minimum Gasteiger partial charge on any atom is -0.451 e. The summed E-state index contributed by atoms with van der Waals surface area (Å²) in [7, 11) is 6.25. The Morgan fingerprint density at radius 1 is 1.62 bits per heavy atom. The van der Waals surface area contributed by atoms with Gasteiger partial charge in [0, 0.05) is 0 Å². The number of hydrogen-bond donors (Lipinski definition) is 2. The van der Waals surface area contributed by atoms with Crippen LogP contribution in [0, 0.1) is 5.41 Å². The van der Waals surface area contributed by atoms with Crippen LogP contribution in [0.5, 0.6) is 0 Å². The molecule has 0 aromatic carbocycles. The molecule has 1 atom stereocenters. The summed E-state index contributed by atoms with van der Waals surface area (Å²) in [6.45, 7) is 1.48. The maximum Gasteiger partial charge on any atom is 0.294 e. The zero-order valence-corrected chi connectivity index (χ0v) is 8.85. The van der Waals surface area contributed by atoms with Crippen molar-refractivity contribution in [3.63, 3.8) is 0 Å². The lowest BCUT2D eigenvalue weighted by Gasteiger charge is -2.33. The first-order valence-electron chi connectivity index (χ1n) is 3.79. The maximum atomic E-state index is 10.1. The molecule has 0 bridgehead atoms. The molecular weight excluding hydrogens is 216 g/mol. The summed E-state index contributed by atoms with van der Waals surface area (Å²) in [5.41, 5.74) is -1.60. The Labute approximate surface area is 85.7 Å². The van der Waals surface area contributed by atoms with Gasteiger partial charge in [-0.2, -0.15) is 0 Å². The minimum atomic E-state index is -0.868. The van der Waals surface area contributed by atoms with Gasteiger partial charge in [0.1, 0.15) is 0 Å². The summed E-state index contributed by atoms with van der Waals surface area (Å²) < 4.78 is 4.66. The van der Waals surface area contributed by atoms with E-state index in [2.05, 4.69) is 4.74 Å². The second-order valence-electron chi connectivity index (χ2n) is 2.69. The zero-order valence-electron chi connectivity index (χ0n) is 7.27. The van der Waals surface area contributed by atoms with Gasteiger partial charge >= 0.3 is 0 Å². The molecule has 78 valence electrons. The number of ether oxygens (including phenoxy) is 1. The molecule has 0 saturated carbocycles. The van der Waals surface area contributed by atoms with Crippen LogP contribution >= 0.6 is 21.7 Å². The van der Waals surface area contributed by atoms with Crippen molar-refractivity contribution < 1.29 is 19.7 Å². The lowest BCUT2D eigenvalue weighted by atomic mass is 9.88. The molecule has 4 nitrogen and oxygen atoms in total. The highest BCUT2D eigenvalue weighted by Gasteiger charge is 2.38. The molecule has 0 fully saturated rings. The third-order valence-corrected chi connectivity index (χ3v) is 3.35. The third-order valence-electron chi connectivity index (χ3n) is 2.09. The van der Waals surface area contributed by atoms with E-state index < -0.39 is 10.9 Å². The third kappa shape index (κ3) is 3.02. The highest BCUT2D eigenvalue weighted by atomic mass is 35.7. The van der Waals surface area contributed by atoms with Gasteiger partial charge in [0.15, 0.2) is 5.44 Å². The van der Waals surface area contributed by atoms with Gasteiger partial charge < -0.3 is 14.9 Å². The highest BCUT2D eigenvalue weighted by Crippen LogP contribution is 2.36. The maximum absolute atomic E-state index is 10.1. The molecule has 0 aromatic rings. The van der Waals surface area contributed by atoms with E-state index in [1.165, 1.54) is 0 Å². The Morgan fingerprint density at radius 2 is 2.15 bits per heavy atom. The van der Waals surface area contributed by atoms with E-state index in [1.54, 1.807) is 6.92 Å². The van der Waals surface area contributed by atoms with Crippen molar-refractivity contribution in [1.29, 1.82) is 0 Å². The zero-order chi connectivity index (χ0) is 10.3. The van der Waals surface area contributed by atoms with Crippen molar-refractivity contribution in [3.8, 4) is 0 Å². The van der Waals surface area contributed by atoms with Crippen LogP contribution in [0.4, 0.5) is 0 Å². The summed E-state index contributed by atoms with van der Waals surface area (Å²) in [4.78, 5) is 10.1. The van der Waals surface area contributed by atoms with Crippen LogP contribution in [0.3, 0.4) is 0 Å². The van der Waals surface area contributed by atoms with Crippen molar-refractivity contribution >= 4 is 28.1 Å². The second-order valence-corrected chi connectivity index (χ2v) is 3.83. The summed E-state index contributed by atoms with van der Waals surface area (Å²) in [6.07, 6.45) is 0.470. The van der Waals surface area contributed by atoms with E-state index in [9.17, 15) is 4.79 Å². The molecule has 0 heterocycles. The van der Waals surface area contributed by atoms with Gasteiger partial charge in [0.2, 0.25) is 0 Å². The molecule has 0 aromatic heterocycles. The summed E-state index contributed by atoms with van der Waals surface area (Å²) in [6, 6.07) is 0. The van der Waals surface area contributed by atoms with Crippen LogP contribution < -0.4 is 0 Å². The Morgan fingerprint density at radius 3 is 2.38 bits per heavy atom. The van der Waals surface area contributed by atoms with Crippen molar-refractivity contribution in [2.24, 2.45) is 5.41 Å². The van der Waals surface area contributed by atoms with Crippen molar-refractivity contribution in [1.82, 2.24) is 0 Å². The Hall–Kier alpha value is 0.0300. The molecule has 0 aliphatic rings. The standard InChI is InChI=1S/C7H13ClO4S/c1-2-7(3-9,4-10)6(13-8)12-5-11/h5-6,9-10H,2-4H2,1H3. The molecule has 2 N–H and O–H groups in total. The average Bonchev–Trinajstić information content (AvgIpc) is 2.19. The molecule has 0 spiro atoms. The molecule has 0 rings (SSSR count). The van der Waals surface area contributed by atoms with E-state index in [1.807, 2.05) is 0 Å². The first-order chi connectivity index (χ1) is 6.20. The molecule has 0 saturated heterocycles. The Bertz CT molecular complexity index is 143. The Balaban J connectivity index is 4.54. The van der Waals surface area contributed by atoms with Crippen LogP contribution in [-0.4, -0.2) is 35.3 Å². The number of aliphatic hydroxyl groups is 2. The lowest BCUT2D eigenvalue weighted by molar-refractivity contribution is -0.137. The van der Waals surface area contributed by atoms with Crippen molar-refractivity contribution in [2.75, 3.05) is 13.2 Å². The molecule has 0 aliphatic carbocycles. The van der Waals surface area contributed by atoms with E-state index in [4.69, 9.17) is 20.9 Å². The summed E-state index contributed by atoms with van der Waals surface area (Å²) in [5.74, 6) is 0. The molecule has 1 unspecified atom stereocenters. The number of halogens is 1. The van der Waals surface area contributed by atoms with Gasteiger partial charge in [-0.3, -0.25) is 4.79 Å². The first-order valence-corrected chi connectivity index (χ1v) is 5.49. The quantitative estimate of drug-likeness (QED) is 0.497. The molecule has 13 heavy (non-hydrogen) atoms. The van der Waals surface area contributed by atoms with Crippen molar-refractivity contribution in [2.45, 2.75) is 18.8 Å². The normalized spacial score (nSPS) is 13.8. The van der Waals surface area contributed by atoms with E-state index in [0.29, 0.717) is 6.42 Å². The molecule has 0 radical (unpaired) electrons. The number of carbonyl (C=O) groups is 1. The molecule has 6 heteroatoms. The fourth-order valence-electron chi connectivity index (χ4n) is 0.900. The predicted molar refractivity (Wildman–Crippen MR) is 51.3 cm³/mol. The van der Waals surface area contributed by atoms with Gasteiger partial charge in [0.05, 0.1) is 18.6 Å². The van der Waals surface area contributed by atoms with Gasteiger partial charge in [-0.15, -0.1) is 0 Å². The van der Waals surface area contributed by atoms with Crippen LogP contribution in [0.25, 0.3) is 0 Å². The Kier molecular flexibility index (Phi) is 6.49. The number of aliphatic hydroxyl groups excluding tert-OH is 2. The average molecular weight is 229 g/mol. The summed E-state index contributed by atoms with van der Waals surface area (Å²) in [5, 5.41) is 18.2. The monoisotopic (exact) mass is 228 g/mol. The largest absolute Gasteiger partial charge is 0.451 e. The number of hydrogen-bond acceptors (Lipinski definition) is 5. The van der Waals surface area contributed by atoms with E-state index in [0.717, 1.165) is 11.0 Å². The van der Waals surface area contributed by atoms with E-state index in [-0.39, 0.29) is 19.7 Å². The van der Waals surface area contributed by atoms with Gasteiger partial charge in [-0.25, -0.2) is 0 Å². The minimum absolute atomic E-state index is 0.260. The molecule has 0 aliphatic heterocycles. The number of rotatable bonds is 7. The van der Waals surface area contributed by atoms with Crippen LogP contribution in [0.1, 0.15) is 13.3 Å². The molecule has 0 amide bonds. The number of carbonyl (C=O) groups excluding carboxylic acids is 1. The SMILES string of the molecule is CCC(CO)(CO)C(OC=O)SCl. The predicted octanol–water partition coefficient (Wildman–Crippen LogP) is 0.753. The van der Waals surface area contributed by atoms with Gasteiger partial charge in [-0.1, -0.05) is 6.92 Å². The lowest BCUT2D eigenvalue weighted by Crippen LogP contribution is -2.40. The van der Waals surface area contributed by atoms with Gasteiger partial charge in [-0.05, 0) is 28.1 Å². The van der Waals surface area contributed by atoms with Crippen LogP contribution in [-0.2, 0) is 9.53 Å². The summed E-state index contributed by atoms with van der Waals surface area (Å²) >= 11 is 0. The van der Waals surface area contributed by atoms with Crippen molar-refractivity contribution in [3.05, 3.63) is 0 Å². The molecular formula is C7H13ClO4S. The first kappa shape index (κ1) is 13.0.